The summed E-state index contributed by atoms with van der Waals surface area (Å²) in [6.07, 6.45) is 0. The molecule has 23 heavy (non-hydrogen) atoms. The van der Waals surface area contributed by atoms with Gasteiger partial charge >= 0.3 is 5.97 Å². The third-order valence-corrected chi connectivity index (χ3v) is 4.04. The van der Waals surface area contributed by atoms with Gasteiger partial charge < -0.3 is 10.4 Å². The van der Waals surface area contributed by atoms with Crippen molar-refractivity contribution in [2.24, 2.45) is 0 Å². The number of pyridine rings is 1. The second-order valence-electron chi connectivity index (χ2n) is 5.72. The highest BCUT2D eigenvalue weighted by Gasteiger charge is 2.09. The summed E-state index contributed by atoms with van der Waals surface area (Å²) in [7, 11) is 0. The number of aromatic carboxylic acids is 1. The van der Waals surface area contributed by atoms with Crippen LogP contribution in [-0.2, 0) is 0 Å². The van der Waals surface area contributed by atoms with E-state index < -0.39 is 5.97 Å². The van der Waals surface area contributed by atoms with Crippen LogP contribution in [0.25, 0.3) is 10.9 Å². The molecule has 0 bridgehead atoms. The Labute approximate surface area is 134 Å². The van der Waals surface area contributed by atoms with Crippen molar-refractivity contribution in [3.63, 3.8) is 0 Å². The Morgan fingerprint density at radius 3 is 2.39 bits per heavy atom. The van der Waals surface area contributed by atoms with Gasteiger partial charge in [-0.3, -0.25) is 4.98 Å². The Morgan fingerprint density at radius 1 is 1.04 bits per heavy atom. The maximum Gasteiger partial charge on any atom is 0.335 e. The number of benzene rings is 2. The van der Waals surface area contributed by atoms with Crippen molar-refractivity contribution in [1.82, 2.24) is 4.98 Å². The van der Waals surface area contributed by atoms with Crippen LogP contribution in [0.4, 0.5) is 11.4 Å². The highest BCUT2D eigenvalue weighted by atomic mass is 16.4. The third-order valence-electron chi connectivity index (χ3n) is 4.04. The van der Waals surface area contributed by atoms with Gasteiger partial charge in [0.15, 0.2) is 0 Å². The molecule has 0 aliphatic rings. The highest BCUT2D eigenvalue weighted by Crippen LogP contribution is 2.29. The fourth-order valence-electron chi connectivity index (χ4n) is 2.61. The first-order chi connectivity index (χ1) is 11.0. The van der Waals surface area contributed by atoms with Gasteiger partial charge in [0.2, 0.25) is 0 Å². The minimum atomic E-state index is -0.923. The lowest BCUT2D eigenvalue weighted by molar-refractivity contribution is 0.0697. The number of aryl methyl sites for hydroxylation is 3. The predicted molar refractivity (Wildman–Crippen MR) is 92.6 cm³/mol. The fourth-order valence-corrected chi connectivity index (χ4v) is 2.61. The van der Waals surface area contributed by atoms with Crippen LogP contribution in [0.15, 0.2) is 42.5 Å². The van der Waals surface area contributed by atoms with Gasteiger partial charge in [0.25, 0.3) is 0 Å². The van der Waals surface area contributed by atoms with E-state index in [-0.39, 0.29) is 5.56 Å². The molecule has 0 amide bonds. The van der Waals surface area contributed by atoms with E-state index in [4.69, 9.17) is 5.11 Å². The SMILES string of the molecule is Cc1cc(Nc2ccc(C(=O)O)cc2)c2ccc(C)c(C)c2n1. The third kappa shape index (κ3) is 2.88. The first-order valence-corrected chi connectivity index (χ1v) is 7.43. The summed E-state index contributed by atoms with van der Waals surface area (Å²) in [6, 6.07) is 12.9. The summed E-state index contributed by atoms with van der Waals surface area (Å²) in [4.78, 5) is 15.6. The normalized spacial score (nSPS) is 10.7. The second kappa shape index (κ2) is 5.72. The average Bonchev–Trinajstić information content (AvgIpc) is 2.52. The van der Waals surface area contributed by atoms with E-state index in [0.717, 1.165) is 28.0 Å². The number of aromatic nitrogens is 1. The van der Waals surface area contributed by atoms with E-state index in [1.807, 2.05) is 13.0 Å². The fraction of sp³-hybridized carbons (Fsp3) is 0.158. The van der Waals surface area contributed by atoms with Crippen LogP contribution >= 0.6 is 0 Å². The topological polar surface area (TPSA) is 62.2 Å². The van der Waals surface area contributed by atoms with Crippen LogP contribution in [0, 0.1) is 20.8 Å². The molecule has 0 saturated heterocycles. The van der Waals surface area contributed by atoms with Crippen molar-refractivity contribution in [2.45, 2.75) is 20.8 Å². The van der Waals surface area contributed by atoms with Crippen molar-refractivity contribution < 1.29 is 9.90 Å². The summed E-state index contributed by atoms with van der Waals surface area (Å²) in [5.74, 6) is -0.923. The molecule has 2 N–H and O–H groups in total. The molecule has 0 aliphatic carbocycles. The van der Waals surface area contributed by atoms with Gasteiger partial charge in [-0.15, -0.1) is 0 Å². The van der Waals surface area contributed by atoms with Gasteiger partial charge in [0, 0.05) is 22.5 Å². The van der Waals surface area contributed by atoms with Crippen LogP contribution in [0.1, 0.15) is 27.2 Å². The highest BCUT2D eigenvalue weighted by molar-refractivity contribution is 5.95. The van der Waals surface area contributed by atoms with Crippen LogP contribution in [0.2, 0.25) is 0 Å². The second-order valence-corrected chi connectivity index (χ2v) is 5.72. The minimum absolute atomic E-state index is 0.276. The standard InChI is InChI=1S/C19H18N2O2/c1-11-4-9-16-17(10-12(2)20-18(16)13(11)3)21-15-7-5-14(6-8-15)19(22)23/h4-10H,1-3H3,(H,20,21)(H,22,23). The lowest BCUT2D eigenvalue weighted by Crippen LogP contribution is -1.98. The Bertz CT molecular complexity index is 899. The van der Waals surface area contributed by atoms with Gasteiger partial charge in [-0.05, 0) is 62.2 Å². The molecular weight excluding hydrogens is 288 g/mol. The summed E-state index contributed by atoms with van der Waals surface area (Å²) in [5.41, 5.74) is 6.42. The summed E-state index contributed by atoms with van der Waals surface area (Å²) in [6.45, 7) is 6.13. The molecule has 1 aromatic heterocycles. The lowest BCUT2D eigenvalue weighted by Gasteiger charge is -2.13. The van der Waals surface area contributed by atoms with Gasteiger partial charge in [-0.1, -0.05) is 12.1 Å². The predicted octanol–water partition coefficient (Wildman–Crippen LogP) is 4.60. The number of hydrogen-bond donors (Lipinski definition) is 2. The molecule has 0 spiro atoms. The van der Waals surface area contributed by atoms with Gasteiger partial charge in [-0.2, -0.15) is 0 Å². The molecule has 0 fully saturated rings. The number of anilines is 2. The molecule has 3 rings (SSSR count). The number of nitrogens with zero attached hydrogens (tertiary/aromatic N) is 1. The van der Waals surface area contributed by atoms with Crippen LogP contribution in [0.5, 0.6) is 0 Å². The Kier molecular flexibility index (Phi) is 3.74. The van der Waals surface area contributed by atoms with Gasteiger partial charge in [0.05, 0.1) is 11.1 Å². The number of carboxylic acid groups (broad SMARTS) is 1. The zero-order valence-corrected chi connectivity index (χ0v) is 13.3. The monoisotopic (exact) mass is 306 g/mol. The number of carbonyl (C=O) groups is 1. The molecule has 0 atom stereocenters. The molecule has 0 radical (unpaired) electrons. The average molecular weight is 306 g/mol. The Morgan fingerprint density at radius 2 is 1.74 bits per heavy atom. The number of nitrogens with one attached hydrogen (secondary N) is 1. The van der Waals surface area contributed by atoms with Crippen molar-refractivity contribution in [3.05, 3.63) is 64.8 Å². The smallest absolute Gasteiger partial charge is 0.335 e. The molecule has 0 aliphatic heterocycles. The maximum absolute atomic E-state index is 10.9. The zero-order chi connectivity index (χ0) is 16.6. The molecular formula is C19H18N2O2. The summed E-state index contributed by atoms with van der Waals surface area (Å²) in [5, 5.41) is 13.4. The molecule has 1 heterocycles. The quantitative estimate of drug-likeness (QED) is 0.742. The van der Waals surface area contributed by atoms with E-state index in [2.05, 4.69) is 36.3 Å². The van der Waals surface area contributed by atoms with Crippen LogP contribution < -0.4 is 5.32 Å². The van der Waals surface area contributed by atoms with E-state index in [9.17, 15) is 4.79 Å². The van der Waals surface area contributed by atoms with E-state index in [1.54, 1.807) is 24.3 Å². The lowest BCUT2D eigenvalue weighted by atomic mass is 10.0. The Hall–Kier alpha value is -2.88. The molecule has 0 saturated carbocycles. The molecule has 4 nitrogen and oxygen atoms in total. The molecule has 2 aromatic carbocycles. The number of rotatable bonds is 3. The van der Waals surface area contributed by atoms with Crippen molar-refractivity contribution >= 4 is 28.2 Å². The number of hydrogen-bond acceptors (Lipinski definition) is 3. The Balaban J connectivity index is 2.06. The number of fused-ring (bicyclic) bond motifs is 1. The molecule has 116 valence electrons. The molecule has 4 heteroatoms. The number of carboxylic acids is 1. The van der Waals surface area contributed by atoms with Gasteiger partial charge in [-0.25, -0.2) is 4.79 Å². The largest absolute Gasteiger partial charge is 0.478 e. The van der Waals surface area contributed by atoms with Crippen molar-refractivity contribution in [3.8, 4) is 0 Å². The first-order valence-electron chi connectivity index (χ1n) is 7.43. The van der Waals surface area contributed by atoms with E-state index in [0.29, 0.717) is 0 Å². The summed E-state index contributed by atoms with van der Waals surface area (Å²) >= 11 is 0. The molecule has 0 unspecified atom stereocenters. The summed E-state index contributed by atoms with van der Waals surface area (Å²) < 4.78 is 0. The van der Waals surface area contributed by atoms with E-state index in [1.165, 1.54) is 11.1 Å². The molecule has 3 aromatic rings. The van der Waals surface area contributed by atoms with Crippen LogP contribution in [0.3, 0.4) is 0 Å². The van der Waals surface area contributed by atoms with Gasteiger partial charge in [0.1, 0.15) is 0 Å². The zero-order valence-electron chi connectivity index (χ0n) is 13.3. The van der Waals surface area contributed by atoms with E-state index >= 15 is 0 Å². The van der Waals surface area contributed by atoms with Crippen molar-refractivity contribution in [1.29, 1.82) is 0 Å². The first kappa shape index (κ1) is 15.0. The van der Waals surface area contributed by atoms with Crippen LogP contribution in [-0.4, -0.2) is 16.1 Å². The van der Waals surface area contributed by atoms with Crippen molar-refractivity contribution in [2.75, 3.05) is 5.32 Å². The maximum atomic E-state index is 10.9. The minimum Gasteiger partial charge on any atom is -0.478 e.